The van der Waals surface area contributed by atoms with Crippen LogP contribution in [0.3, 0.4) is 0 Å². The van der Waals surface area contributed by atoms with Crippen LogP contribution in [0.4, 0.5) is 8.78 Å². The lowest BCUT2D eigenvalue weighted by atomic mass is 10.00. The van der Waals surface area contributed by atoms with Crippen LogP contribution in [-0.2, 0) is 0 Å². The number of benzene rings is 1. The lowest BCUT2D eigenvalue weighted by molar-refractivity contribution is 0.571. The molecule has 1 atom stereocenters. The Balaban J connectivity index is 2.51. The van der Waals surface area contributed by atoms with Crippen LogP contribution in [0.15, 0.2) is 41.1 Å². The van der Waals surface area contributed by atoms with Crippen molar-refractivity contribution in [3.8, 4) is 0 Å². The second-order valence-corrected chi connectivity index (χ2v) is 4.36. The van der Waals surface area contributed by atoms with Gasteiger partial charge in [-0.1, -0.05) is 22.0 Å². The molecule has 5 heteroatoms. The van der Waals surface area contributed by atoms with Gasteiger partial charge in [0.2, 0.25) is 0 Å². The summed E-state index contributed by atoms with van der Waals surface area (Å²) in [5.74, 6) is -1.02. The lowest BCUT2D eigenvalue weighted by Gasteiger charge is -2.15. The summed E-state index contributed by atoms with van der Waals surface area (Å²) in [5.41, 5.74) is 6.33. The predicted molar refractivity (Wildman–Crippen MR) is 64.3 cm³/mol. The van der Waals surface area contributed by atoms with Gasteiger partial charge in [0.1, 0.15) is 11.6 Å². The molecule has 88 valence electrons. The topological polar surface area (TPSA) is 38.9 Å². The van der Waals surface area contributed by atoms with Crippen molar-refractivity contribution in [2.24, 2.45) is 5.73 Å². The Bertz CT molecular complexity index is 526. The van der Waals surface area contributed by atoms with Gasteiger partial charge in [0.25, 0.3) is 0 Å². The molecule has 0 aliphatic heterocycles. The molecular formula is C12H9BrF2N2. The average Bonchev–Trinajstić information content (AvgIpc) is 2.29. The highest BCUT2D eigenvalue weighted by atomic mass is 79.9. The number of hydrogen-bond donors (Lipinski definition) is 1. The van der Waals surface area contributed by atoms with Crippen LogP contribution in [-0.4, -0.2) is 4.98 Å². The molecule has 1 aromatic heterocycles. The van der Waals surface area contributed by atoms with E-state index in [1.165, 1.54) is 18.3 Å². The summed E-state index contributed by atoms with van der Waals surface area (Å²) in [5, 5.41) is 0. The summed E-state index contributed by atoms with van der Waals surface area (Å²) in [6, 6.07) is 5.09. The third-order valence-electron chi connectivity index (χ3n) is 2.45. The standard InChI is InChI=1S/C12H9BrF2N2/c13-8-2-1-3-9(14)11(8)12(16)7-4-5-17-6-10(7)15/h1-6,12H,16H2. The van der Waals surface area contributed by atoms with E-state index in [-0.39, 0.29) is 11.1 Å². The Morgan fingerprint density at radius 3 is 2.59 bits per heavy atom. The SMILES string of the molecule is NC(c1ccncc1F)c1c(F)cccc1Br. The zero-order chi connectivity index (χ0) is 12.4. The summed E-state index contributed by atoms with van der Waals surface area (Å²) in [7, 11) is 0. The van der Waals surface area contributed by atoms with E-state index in [2.05, 4.69) is 20.9 Å². The summed E-state index contributed by atoms with van der Waals surface area (Å²) < 4.78 is 27.7. The molecule has 0 spiro atoms. The fourth-order valence-electron chi connectivity index (χ4n) is 1.60. The molecular weight excluding hydrogens is 290 g/mol. The summed E-state index contributed by atoms with van der Waals surface area (Å²) in [6.07, 6.45) is 2.48. The average molecular weight is 299 g/mol. The third kappa shape index (κ3) is 2.35. The fraction of sp³-hybridized carbons (Fsp3) is 0.0833. The highest BCUT2D eigenvalue weighted by Gasteiger charge is 2.19. The molecule has 0 aliphatic carbocycles. The van der Waals surface area contributed by atoms with Gasteiger partial charge in [-0.2, -0.15) is 0 Å². The van der Waals surface area contributed by atoms with E-state index in [1.807, 2.05) is 0 Å². The molecule has 2 N–H and O–H groups in total. The first kappa shape index (κ1) is 12.1. The van der Waals surface area contributed by atoms with E-state index in [9.17, 15) is 8.78 Å². The minimum absolute atomic E-state index is 0.214. The van der Waals surface area contributed by atoms with Crippen molar-refractivity contribution in [3.63, 3.8) is 0 Å². The molecule has 1 unspecified atom stereocenters. The first-order valence-electron chi connectivity index (χ1n) is 4.90. The van der Waals surface area contributed by atoms with Crippen LogP contribution in [0.1, 0.15) is 17.2 Å². The molecule has 2 rings (SSSR count). The van der Waals surface area contributed by atoms with Crippen molar-refractivity contribution >= 4 is 15.9 Å². The Labute approximate surface area is 106 Å². The molecule has 1 heterocycles. The fourth-order valence-corrected chi connectivity index (χ4v) is 2.19. The number of aromatic nitrogens is 1. The molecule has 17 heavy (non-hydrogen) atoms. The minimum Gasteiger partial charge on any atom is -0.320 e. The molecule has 0 radical (unpaired) electrons. The van der Waals surface area contributed by atoms with Crippen LogP contribution in [0.2, 0.25) is 0 Å². The van der Waals surface area contributed by atoms with Gasteiger partial charge in [-0.05, 0) is 18.2 Å². The molecule has 2 aromatic rings. The second-order valence-electron chi connectivity index (χ2n) is 3.51. The molecule has 0 bridgehead atoms. The number of pyridine rings is 1. The van der Waals surface area contributed by atoms with Gasteiger partial charge in [0, 0.05) is 21.8 Å². The highest BCUT2D eigenvalue weighted by Crippen LogP contribution is 2.29. The first-order valence-corrected chi connectivity index (χ1v) is 5.69. The van der Waals surface area contributed by atoms with Crippen LogP contribution in [0.25, 0.3) is 0 Å². The second kappa shape index (κ2) is 4.89. The quantitative estimate of drug-likeness (QED) is 0.925. The van der Waals surface area contributed by atoms with Crippen molar-refractivity contribution in [2.75, 3.05) is 0 Å². The molecule has 0 aliphatic rings. The van der Waals surface area contributed by atoms with Crippen LogP contribution >= 0.6 is 15.9 Å². The smallest absolute Gasteiger partial charge is 0.146 e. The van der Waals surface area contributed by atoms with Crippen molar-refractivity contribution < 1.29 is 8.78 Å². The Kier molecular flexibility index (Phi) is 3.49. The Morgan fingerprint density at radius 2 is 1.94 bits per heavy atom. The van der Waals surface area contributed by atoms with E-state index < -0.39 is 17.7 Å². The maximum Gasteiger partial charge on any atom is 0.146 e. The maximum absolute atomic E-state index is 13.7. The molecule has 2 nitrogen and oxygen atoms in total. The predicted octanol–water partition coefficient (Wildman–Crippen LogP) is 3.17. The normalized spacial score (nSPS) is 12.5. The number of nitrogens with two attached hydrogens (primary N) is 1. The largest absolute Gasteiger partial charge is 0.320 e. The van der Waals surface area contributed by atoms with E-state index in [0.29, 0.717) is 4.47 Å². The Hall–Kier alpha value is -1.33. The van der Waals surface area contributed by atoms with E-state index in [1.54, 1.807) is 12.1 Å². The van der Waals surface area contributed by atoms with Gasteiger partial charge in [-0.15, -0.1) is 0 Å². The van der Waals surface area contributed by atoms with Crippen molar-refractivity contribution in [3.05, 3.63) is 63.9 Å². The van der Waals surface area contributed by atoms with Crippen molar-refractivity contribution in [1.29, 1.82) is 0 Å². The van der Waals surface area contributed by atoms with Gasteiger partial charge in [-0.3, -0.25) is 4.98 Å². The lowest BCUT2D eigenvalue weighted by Crippen LogP contribution is -2.16. The molecule has 1 aromatic carbocycles. The van der Waals surface area contributed by atoms with Crippen LogP contribution in [0.5, 0.6) is 0 Å². The van der Waals surface area contributed by atoms with Gasteiger partial charge >= 0.3 is 0 Å². The summed E-state index contributed by atoms with van der Waals surface area (Å²) in [6.45, 7) is 0. The van der Waals surface area contributed by atoms with Crippen molar-refractivity contribution in [1.82, 2.24) is 4.98 Å². The number of rotatable bonds is 2. The zero-order valence-corrected chi connectivity index (χ0v) is 10.3. The third-order valence-corrected chi connectivity index (χ3v) is 3.14. The highest BCUT2D eigenvalue weighted by molar-refractivity contribution is 9.10. The molecule has 0 amide bonds. The first-order chi connectivity index (χ1) is 8.11. The summed E-state index contributed by atoms with van der Waals surface area (Å²) >= 11 is 3.21. The van der Waals surface area contributed by atoms with E-state index in [0.717, 1.165) is 6.20 Å². The molecule has 0 saturated carbocycles. The number of nitrogens with zero attached hydrogens (tertiary/aromatic N) is 1. The number of halogens is 3. The minimum atomic E-state index is -0.867. The molecule has 0 saturated heterocycles. The van der Waals surface area contributed by atoms with Gasteiger partial charge in [0.15, 0.2) is 0 Å². The zero-order valence-electron chi connectivity index (χ0n) is 8.70. The monoisotopic (exact) mass is 298 g/mol. The van der Waals surface area contributed by atoms with Crippen LogP contribution < -0.4 is 5.73 Å². The molecule has 0 fully saturated rings. The van der Waals surface area contributed by atoms with E-state index in [4.69, 9.17) is 5.73 Å². The van der Waals surface area contributed by atoms with Crippen LogP contribution in [0, 0.1) is 11.6 Å². The maximum atomic E-state index is 13.7. The van der Waals surface area contributed by atoms with Gasteiger partial charge in [0.05, 0.1) is 12.2 Å². The van der Waals surface area contributed by atoms with E-state index >= 15 is 0 Å². The van der Waals surface area contributed by atoms with Gasteiger partial charge in [-0.25, -0.2) is 8.78 Å². The van der Waals surface area contributed by atoms with Gasteiger partial charge < -0.3 is 5.73 Å². The number of hydrogen-bond acceptors (Lipinski definition) is 2. The Morgan fingerprint density at radius 1 is 1.18 bits per heavy atom. The van der Waals surface area contributed by atoms with Crippen molar-refractivity contribution in [2.45, 2.75) is 6.04 Å². The summed E-state index contributed by atoms with van der Waals surface area (Å²) in [4.78, 5) is 3.63.